The molecule has 0 radical (unpaired) electrons. The van der Waals surface area contributed by atoms with Crippen molar-refractivity contribution in [3.63, 3.8) is 0 Å². The van der Waals surface area contributed by atoms with Gasteiger partial charge < -0.3 is 10.6 Å². The number of nitrogens with zero attached hydrogens (tertiary/aromatic N) is 1. The van der Waals surface area contributed by atoms with Crippen molar-refractivity contribution in [2.24, 2.45) is 0 Å². The van der Waals surface area contributed by atoms with E-state index in [1.807, 2.05) is 19.9 Å². The van der Waals surface area contributed by atoms with Crippen molar-refractivity contribution in [2.45, 2.75) is 26.3 Å². The van der Waals surface area contributed by atoms with Crippen molar-refractivity contribution in [2.75, 3.05) is 5.32 Å². The average molecular weight is 235 g/mol. The van der Waals surface area contributed by atoms with E-state index < -0.39 is 11.8 Å². The van der Waals surface area contributed by atoms with E-state index in [9.17, 15) is 9.18 Å². The molecule has 0 spiro atoms. The van der Waals surface area contributed by atoms with E-state index in [-0.39, 0.29) is 11.6 Å². The van der Waals surface area contributed by atoms with Gasteiger partial charge in [0.05, 0.1) is 11.3 Å². The molecule has 0 fully saturated rings. The van der Waals surface area contributed by atoms with Crippen molar-refractivity contribution in [1.29, 1.82) is 5.26 Å². The number of hydrogen-bond donors (Lipinski definition) is 2. The number of halogens is 1. The number of carbonyl (C=O) groups excluding carboxylic acids is 1. The van der Waals surface area contributed by atoms with Gasteiger partial charge in [0.25, 0.3) is 0 Å². The van der Waals surface area contributed by atoms with Crippen LogP contribution in [-0.4, -0.2) is 12.1 Å². The van der Waals surface area contributed by atoms with Gasteiger partial charge in [-0.25, -0.2) is 9.18 Å². The summed E-state index contributed by atoms with van der Waals surface area (Å²) < 4.78 is 12.9. The first-order valence-electron chi connectivity index (χ1n) is 5.34. The van der Waals surface area contributed by atoms with E-state index in [1.54, 1.807) is 0 Å². The number of anilines is 1. The number of nitrogens with one attached hydrogen (secondary N) is 2. The predicted octanol–water partition coefficient (Wildman–Crippen LogP) is 2.62. The Morgan fingerprint density at radius 2 is 2.29 bits per heavy atom. The minimum absolute atomic E-state index is 0.0426. The second-order valence-electron chi connectivity index (χ2n) is 3.71. The van der Waals surface area contributed by atoms with Crippen molar-refractivity contribution >= 4 is 11.7 Å². The highest BCUT2D eigenvalue weighted by molar-refractivity contribution is 5.90. The molecule has 0 bridgehead atoms. The van der Waals surface area contributed by atoms with Crippen molar-refractivity contribution in [1.82, 2.24) is 5.32 Å². The van der Waals surface area contributed by atoms with E-state index in [0.717, 1.165) is 12.5 Å². The molecule has 0 saturated heterocycles. The van der Waals surface area contributed by atoms with E-state index >= 15 is 0 Å². The fraction of sp³-hybridized carbons (Fsp3) is 0.333. The molecule has 0 aliphatic carbocycles. The molecule has 2 N–H and O–H groups in total. The molecular formula is C12H14FN3O. The monoisotopic (exact) mass is 235 g/mol. The SMILES string of the molecule is CCC(C)NC(=O)Nc1ccc(F)cc1C#N. The van der Waals surface area contributed by atoms with Gasteiger partial charge in [0.2, 0.25) is 0 Å². The Hall–Kier alpha value is -2.09. The molecule has 90 valence electrons. The summed E-state index contributed by atoms with van der Waals surface area (Å²) in [5.41, 5.74) is 0.402. The Bertz CT molecular complexity index is 454. The first-order chi connectivity index (χ1) is 8.06. The minimum atomic E-state index is -0.505. The molecule has 0 aliphatic heterocycles. The van der Waals surface area contributed by atoms with E-state index in [2.05, 4.69) is 10.6 Å². The summed E-state index contributed by atoms with van der Waals surface area (Å²) in [6, 6.07) is 5.11. The quantitative estimate of drug-likeness (QED) is 0.845. The summed E-state index contributed by atoms with van der Waals surface area (Å²) in [5, 5.41) is 14.0. The van der Waals surface area contributed by atoms with Crippen LogP contribution in [0.3, 0.4) is 0 Å². The molecule has 1 rings (SSSR count). The van der Waals surface area contributed by atoms with Crippen LogP contribution in [0.1, 0.15) is 25.8 Å². The van der Waals surface area contributed by atoms with Gasteiger partial charge in [0.15, 0.2) is 0 Å². The van der Waals surface area contributed by atoms with Crippen LogP contribution in [0.5, 0.6) is 0 Å². The van der Waals surface area contributed by atoms with Crippen LogP contribution in [0.25, 0.3) is 0 Å². The maximum Gasteiger partial charge on any atom is 0.319 e. The van der Waals surface area contributed by atoms with Crippen LogP contribution in [-0.2, 0) is 0 Å². The lowest BCUT2D eigenvalue weighted by Crippen LogP contribution is -2.35. The van der Waals surface area contributed by atoms with Gasteiger partial charge in [-0.3, -0.25) is 0 Å². The maximum atomic E-state index is 12.9. The second kappa shape index (κ2) is 5.85. The standard InChI is InChI=1S/C12H14FN3O/c1-3-8(2)15-12(17)16-11-5-4-10(13)6-9(11)7-14/h4-6,8H,3H2,1-2H3,(H2,15,16,17). The van der Waals surface area contributed by atoms with Gasteiger partial charge in [-0.05, 0) is 31.5 Å². The fourth-order valence-electron chi connectivity index (χ4n) is 1.20. The van der Waals surface area contributed by atoms with Crippen LogP contribution in [0.2, 0.25) is 0 Å². The summed E-state index contributed by atoms with van der Waals surface area (Å²) >= 11 is 0. The maximum absolute atomic E-state index is 12.9. The highest BCUT2D eigenvalue weighted by atomic mass is 19.1. The smallest absolute Gasteiger partial charge is 0.319 e. The molecule has 0 aromatic heterocycles. The van der Waals surface area contributed by atoms with E-state index in [1.165, 1.54) is 12.1 Å². The first-order valence-corrected chi connectivity index (χ1v) is 5.34. The number of urea groups is 1. The lowest BCUT2D eigenvalue weighted by molar-refractivity contribution is 0.249. The molecular weight excluding hydrogens is 221 g/mol. The van der Waals surface area contributed by atoms with Gasteiger partial charge in [0, 0.05) is 6.04 Å². The van der Waals surface area contributed by atoms with Crippen LogP contribution in [0.4, 0.5) is 14.9 Å². The molecule has 1 unspecified atom stereocenters. The first kappa shape index (κ1) is 13.0. The summed E-state index contributed by atoms with van der Waals surface area (Å²) in [5.74, 6) is -0.505. The Morgan fingerprint density at radius 1 is 1.59 bits per heavy atom. The van der Waals surface area contributed by atoms with E-state index in [4.69, 9.17) is 5.26 Å². The highest BCUT2D eigenvalue weighted by Gasteiger charge is 2.09. The summed E-state index contributed by atoms with van der Waals surface area (Å²) in [7, 11) is 0. The minimum Gasteiger partial charge on any atom is -0.335 e. The number of hydrogen-bond acceptors (Lipinski definition) is 2. The molecule has 1 aromatic rings. The third-order valence-electron chi connectivity index (χ3n) is 2.34. The number of rotatable bonds is 3. The summed E-state index contributed by atoms with van der Waals surface area (Å²) in [6.45, 7) is 3.82. The molecule has 2 amide bonds. The van der Waals surface area contributed by atoms with Gasteiger partial charge in [-0.1, -0.05) is 6.92 Å². The zero-order chi connectivity index (χ0) is 12.8. The Kier molecular flexibility index (Phi) is 4.46. The van der Waals surface area contributed by atoms with Gasteiger partial charge in [-0.2, -0.15) is 5.26 Å². The molecule has 1 aromatic carbocycles. The second-order valence-corrected chi connectivity index (χ2v) is 3.71. The van der Waals surface area contributed by atoms with Crippen LogP contribution in [0, 0.1) is 17.1 Å². The molecule has 17 heavy (non-hydrogen) atoms. The highest BCUT2D eigenvalue weighted by Crippen LogP contribution is 2.15. The van der Waals surface area contributed by atoms with Gasteiger partial charge in [-0.15, -0.1) is 0 Å². The molecule has 5 heteroatoms. The molecule has 0 heterocycles. The number of benzene rings is 1. The van der Waals surface area contributed by atoms with Crippen LogP contribution < -0.4 is 10.6 Å². The van der Waals surface area contributed by atoms with Crippen molar-refractivity contribution < 1.29 is 9.18 Å². The van der Waals surface area contributed by atoms with Crippen LogP contribution >= 0.6 is 0 Å². The number of amides is 2. The third kappa shape index (κ3) is 3.76. The third-order valence-corrected chi connectivity index (χ3v) is 2.34. The zero-order valence-electron chi connectivity index (χ0n) is 9.75. The summed E-state index contributed by atoms with van der Waals surface area (Å²) in [4.78, 5) is 11.5. The largest absolute Gasteiger partial charge is 0.335 e. The lowest BCUT2D eigenvalue weighted by Gasteiger charge is -2.13. The van der Waals surface area contributed by atoms with Gasteiger partial charge in [0.1, 0.15) is 11.9 Å². The number of nitriles is 1. The molecule has 0 saturated carbocycles. The Labute approximate surface area is 99.4 Å². The average Bonchev–Trinajstić information content (AvgIpc) is 2.31. The topological polar surface area (TPSA) is 64.9 Å². The summed E-state index contributed by atoms with van der Waals surface area (Å²) in [6.07, 6.45) is 0.807. The van der Waals surface area contributed by atoms with Crippen molar-refractivity contribution in [3.8, 4) is 6.07 Å². The number of carbonyl (C=O) groups is 1. The van der Waals surface area contributed by atoms with Gasteiger partial charge >= 0.3 is 6.03 Å². The van der Waals surface area contributed by atoms with Crippen LogP contribution in [0.15, 0.2) is 18.2 Å². The predicted molar refractivity (Wildman–Crippen MR) is 63.0 cm³/mol. The Balaban J connectivity index is 2.75. The lowest BCUT2D eigenvalue weighted by atomic mass is 10.2. The Morgan fingerprint density at radius 3 is 2.88 bits per heavy atom. The normalized spacial score (nSPS) is 11.4. The fourth-order valence-corrected chi connectivity index (χ4v) is 1.20. The molecule has 4 nitrogen and oxygen atoms in total. The zero-order valence-corrected chi connectivity index (χ0v) is 9.75. The molecule has 1 atom stereocenters. The van der Waals surface area contributed by atoms with E-state index in [0.29, 0.717) is 5.69 Å². The van der Waals surface area contributed by atoms with Crippen molar-refractivity contribution in [3.05, 3.63) is 29.6 Å². The molecule has 0 aliphatic rings.